The molecule has 0 radical (unpaired) electrons. The molecule has 0 spiro atoms. The number of rotatable bonds is 5. The van der Waals surface area contributed by atoms with Gasteiger partial charge in [0.2, 0.25) is 0 Å². The number of benzene rings is 4. The monoisotopic (exact) mass is 384 g/mol. The van der Waals surface area contributed by atoms with Gasteiger partial charge in [0.15, 0.2) is 0 Å². The molecule has 0 bridgehead atoms. The van der Waals surface area contributed by atoms with Crippen LogP contribution in [-0.2, 0) is 0 Å². The number of carbonyl (C=O) groups excluding carboxylic acids is 1. The SMILES string of the molecule is COc1ccc2ccc(OC)c(/C=N\NC(=O)c3ccc4ccccc4c3)c2c1. The van der Waals surface area contributed by atoms with Crippen LogP contribution in [0.1, 0.15) is 15.9 Å². The molecule has 144 valence electrons. The third-order valence-electron chi connectivity index (χ3n) is 4.82. The third-order valence-corrected chi connectivity index (χ3v) is 4.82. The number of hydrogen-bond donors (Lipinski definition) is 1. The number of hydrazone groups is 1. The first-order chi connectivity index (χ1) is 14.2. The van der Waals surface area contributed by atoms with Crippen LogP contribution in [0.2, 0.25) is 0 Å². The fourth-order valence-electron chi connectivity index (χ4n) is 3.29. The van der Waals surface area contributed by atoms with Crippen molar-refractivity contribution < 1.29 is 14.3 Å². The largest absolute Gasteiger partial charge is 0.497 e. The summed E-state index contributed by atoms with van der Waals surface area (Å²) in [5.41, 5.74) is 3.92. The highest BCUT2D eigenvalue weighted by Gasteiger charge is 2.09. The summed E-state index contributed by atoms with van der Waals surface area (Å²) in [5, 5.41) is 8.20. The predicted molar refractivity (Wildman–Crippen MR) is 116 cm³/mol. The minimum atomic E-state index is -0.274. The second kappa shape index (κ2) is 8.02. The number of ether oxygens (including phenoxy) is 2. The molecule has 0 aromatic heterocycles. The van der Waals surface area contributed by atoms with Crippen molar-refractivity contribution in [1.29, 1.82) is 0 Å². The van der Waals surface area contributed by atoms with Crippen molar-refractivity contribution in [3.8, 4) is 11.5 Å². The van der Waals surface area contributed by atoms with E-state index >= 15 is 0 Å². The second-order valence-electron chi connectivity index (χ2n) is 6.53. The summed E-state index contributed by atoms with van der Waals surface area (Å²) < 4.78 is 10.8. The van der Waals surface area contributed by atoms with Crippen LogP contribution in [0.25, 0.3) is 21.5 Å². The van der Waals surface area contributed by atoms with E-state index < -0.39 is 0 Å². The standard InChI is InChI=1S/C24H20N2O3/c1-28-20-11-9-17-10-12-23(29-2)22(21(17)14-20)15-25-26-24(27)19-8-7-16-5-3-4-6-18(16)13-19/h3-15H,1-2H3,(H,26,27)/b25-15-. The molecule has 0 saturated carbocycles. The maximum Gasteiger partial charge on any atom is 0.271 e. The van der Waals surface area contributed by atoms with Crippen LogP contribution in [0, 0.1) is 0 Å². The Balaban J connectivity index is 1.62. The minimum absolute atomic E-state index is 0.274. The number of methoxy groups -OCH3 is 2. The van der Waals surface area contributed by atoms with E-state index in [0.29, 0.717) is 11.3 Å². The molecule has 0 fully saturated rings. The molecule has 1 amide bonds. The summed E-state index contributed by atoms with van der Waals surface area (Å²) in [7, 11) is 3.23. The minimum Gasteiger partial charge on any atom is -0.497 e. The van der Waals surface area contributed by atoms with Gasteiger partial charge in [0.25, 0.3) is 5.91 Å². The van der Waals surface area contributed by atoms with Crippen molar-refractivity contribution in [3.63, 3.8) is 0 Å². The van der Waals surface area contributed by atoms with Gasteiger partial charge in [-0.3, -0.25) is 4.79 Å². The van der Waals surface area contributed by atoms with Crippen molar-refractivity contribution >= 4 is 33.7 Å². The number of amides is 1. The Labute approximate surface area is 168 Å². The van der Waals surface area contributed by atoms with Crippen molar-refractivity contribution in [2.75, 3.05) is 14.2 Å². The van der Waals surface area contributed by atoms with E-state index in [0.717, 1.165) is 32.9 Å². The van der Waals surface area contributed by atoms with Crippen molar-refractivity contribution in [3.05, 3.63) is 83.9 Å². The summed E-state index contributed by atoms with van der Waals surface area (Å²) in [5.74, 6) is 1.12. The van der Waals surface area contributed by atoms with E-state index in [1.807, 2.05) is 66.7 Å². The molecular weight excluding hydrogens is 364 g/mol. The summed E-state index contributed by atoms with van der Waals surface area (Å²) in [4.78, 5) is 12.5. The van der Waals surface area contributed by atoms with Crippen molar-refractivity contribution in [1.82, 2.24) is 5.43 Å². The molecule has 4 aromatic carbocycles. The zero-order valence-corrected chi connectivity index (χ0v) is 16.2. The molecule has 5 nitrogen and oxygen atoms in total. The van der Waals surface area contributed by atoms with E-state index in [2.05, 4.69) is 10.5 Å². The molecule has 29 heavy (non-hydrogen) atoms. The molecule has 4 rings (SSSR count). The average molecular weight is 384 g/mol. The fraction of sp³-hybridized carbons (Fsp3) is 0.0833. The Kier molecular flexibility index (Phi) is 5.12. The molecular formula is C24H20N2O3. The van der Waals surface area contributed by atoms with Crippen molar-refractivity contribution in [2.24, 2.45) is 5.10 Å². The van der Waals surface area contributed by atoms with Crippen LogP contribution in [-0.4, -0.2) is 26.3 Å². The lowest BCUT2D eigenvalue weighted by molar-refractivity contribution is 0.0955. The van der Waals surface area contributed by atoms with Gasteiger partial charge in [-0.2, -0.15) is 5.10 Å². The summed E-state index contributed by atoms with van der Waals surface area (Å²) in [6, 6.07) is 23.1. The summed E-state index contributed by atoms with van der Waals surface area (Å²) >= 11 is 0. The van der Waals surface area contributed by atoms with Gasteiger partial charge >= 0.3 is 0 Å². The van der Waals surface area contributed by atoms with Gasteiger partial charge < -0.3 is 9.47 Å². The van der Waals surface area contributed by atoms with Crippen LogP contribution in [0.4, 0.5) is 0 Å². The molecule has 1 N–H and O–H groups in total. The molecule has 0 atom stereocenters. The lowest BCUT2D eigenvalue weighted by Crippen LogP contribution is -2.17. The molecule has 0 aliphatic rings. The average Bonchev–Trinajstić information content (AvgIpc) is 2.78. The first-order valence-corrected chi connectivity index (χ1v) is 9.16. The maximum atomic E-state index is 12.5. The highest BCUT2D eigenvalue weighted by Crippen LogP contribution is 2.29. The number of carbonyl (C=O) groups is 1. The number of hydrogen-bond acceptors (Lipinski definition) is 4. The van der Waals surface area contributed by atoms with Gasteiger partial charge in [-0.05, 0) is 51.9 Å². The van der Waals surface area contributed by atoms with Gasteiger partial charge in [-0.15, -0.1) is 0 Å². The first kappa shape index (κ1) is 18.5. The van der Waals surface area contributed by atoms with Crippen LogP contribution >= 0.6 is 0 Å². The Hall–Kier alpha value is -3.86. The van der Waals surface area contributed by atoms with E-state index in [1.54, 1.807) is 26.5 Å². The van der Waals surface area contributed by atoms with E-state index in [-0.39, 0.29) is 5.91 Å². The summed E-state index contributed by atoms with van der Waals surface area (Å²) in [6.07, 6.45) is 1.60. The molecule has 5 heteroatoms. The van der Waals surface area contributed by atoms with Crippen molar-refractivity contribution in [2.45, 2.75) is 0 Å². The van der Waals surface area contributed by atoms with Gasteiger partial charge in [-0.1, -0.05) is 42.5 Å². The van der Waals surface area contributed by atoms with E-state index in [4.69, 9.17) is 9.47 Å². The lowest BCUT2D eigenvalue weighted by Gasteiger charge is -2.10. The zero-order valence-electron chi connectivity index (χ0n) is 16.2. The van der Waals surface area contributed by atoms with Crippen LogP contribution < -0.4 is 14.9 Å². The quantitative estimate of drug-likeness (QED) is 0.398. The Morgan fingerprint density at radius 1 is 0.862 bits per heavy atom. The zero-order chi connectivity index (χ0) is 20.2. The lowest BCUT2D eigenvalue weighted by atomic mass is 10.0. The number of nitrogens with one attached hydrogen (secondary N) is 1. The second-order valence-corrected chi connectivity index (χ2v) is 6.53. The Morgan fingerprint density at radius 2 is 1.62 bits per heavy atom. The number of fused-ring (bicyclic) bond motifs is 2. The molecule has 0 saturated heterocycles. The Bertz CT molecular complexity index is 1230. The molecule has 0 heterocycles. The highest BCUT2D eigenvalue weighted by atomic mass is 16.5. The van der Waals surface area contributed by atoms with Gasteiger partial charge in [0.05, 0.1) is 20.4 Å². The highest BCUT2D eigenvalue weighted by molar-refractivity contribution is 6.04. The first-order valence-electron chi connectivity index (χ1n) is 9.16. The van der Waals surface area contributed by atoms with E-state index in [9.17, 15) is 4.79 Å². The third kappa shape index (κ3) is 3.75. The topological polar surface area (TPSA) is 59.9 Å². The molecule has 0 aliphatic heterocycles. The molecule has 0 unspecified atom stereocenters. The normalized spacial score (nSPS) is 11.1. The van der Waals surface area contributed by atoms with Crippen LogP contribution in [0.15, 0.2) is 77.9 Å². The van der Waals surface area contributed by atoms with Gasteiger partial charge in [-0.25, -0.2) is 5.43 Å². The maximum absolute atomic E-state index is 12.5. The number of nitrogens with zero attached hydrogens (tertiary/aromatic N) is 1. The summed E-state index contributed by atoms with van der Waals surface area (Å²) in [6.45, 7) is 0. The predicted octanol–water partition coefficient (Wildman–Crippen LogP) is 4.77. The Morgan fingerprint density at radius 3 is 2.41 bits per heavy atom. The fourth-order valence-corrected chi connectivity index (χ4v) is 3.29. The molecule has 4 aromatic rings. The van der Waals surface area contributed by atoms with E-state index in [1.165, 1.54) is 0 Å². The van der Waals surface area contributed by atoms with Gasteiger partial charge in [0, 0.05) is 11.1 Å². The van der Waals surface area contributed by atoms with Crippen LogP contribution in [0.5, 0.6) is 11.5 Å². The smallest absolute Gasteiger partial charge is 0.271 e. The van der Waals surface area contributed by atoms with Crippen LogP contribution in [0.3, 0.4) is 0 Å². The van der Waals surface area contributed by atoms with Gasteiger partial charge in [0.1, 0.15) is 11.5 Å². The molecule has 0 aliphatic carbocycles.